The molecule has 0 fully saturated rings. The maximum atomic E-state index is 5.71. The molecule has 0 aliphatic heterocycles. The Balaban J connectivity index is 2.95. The van der Waals surface area contributed by atoms with E-state index in [2.05, 4.69) is 15.9 Å². The van der Waals surface area contributed by atoms with Crippen LogP contribution in [0.3, 0.4) is 0 Å². The number of rotatable bonds is 5. The molecule has 0 aliphatic rings. The van der Waals surface area contributed by atoms with E-state index in [1.165, 1.54) is 0 Å². The van der Waals surface area contributed by atoms with Gasteiger partial charge in [-0.15, -0.1) is 0 Å². The van der Waals surface area contributed by atoms with Crippen molar-refractivity contribution in [2.45, 2.75) is 13.0 Å². The summed E-state index contributed by atoms with van der Waals surface area (Å²) in [4.78, 5) is 0.312. The number of hydrogen-bond donors (Lipinski definition) is 1. The van der Waals surface area contributed by atoms with Gasteiger partial charge in [-0.1, -0.05) is 18.3 Å². The van der Waals surface area contributed by atoms with Gasteiger partial charge in [0, 0.05) is 11.6 Å². The van der Waals surface area contributed by atoms with Gasteiger partial charge in [0.1, 0.15) is 16.8 Å². The van der Waals surface area contributed by atoms with Crippen molar-refractivity contribution in [1.82, 2.24) is 0 Å². The summed E-state index contributed by atoms with van der Waals surface area (Å²) in [6.07, 6.45) is -0.0487. The van der Waals surface area contributed by atoms with E-state index in [0.717, 1.165) is 10.0 Å². The van der Waals surface area contributed by atoms with Gasteiger partial charge in [0.15, 0.2) is 0 Å². The molecule has 0 bridgehead atoms. The van der Waals surface area contributed by atoms with E-state index in [1.807, 2.05) is 25.1 Å². The van der Waals surface area contributed by atoms with Crippen LogP contribution in [0.25, 0.3) is 0 Å². The van der Waals surface area contributed by atoms with Crippen molar-refractivity contribution < 1.29 is 9.47 Å². The van der Waals surface area contributed by atoms with Crippen molar-refractivity contribution >= 4 is 33.1 Å². The smallest absolute Gasteiger partial charge is 0.131 e. The maximum absolute atomic E-state index is 5.71. The molecule has 0 aliphatic carbocycles. The fraction of sp³-hybridized carbons (Fsp3) is 0.364. The number of hydrogen-bond acceptors (Lipinski definition) is 3. The summed E-state index contributed by atoms with van der Waals surface area (Å²) in [6.45, 7) is 2.44. The monoisotopic (exact) mass is 303 g/mol. The Morgan fingerprint density at radius 3 is 2.81 bits per heavy atom. The normalized spacial score (nSPS) is 12.2. The number of benzene rings is 1. The summed E-state index contributed by atoms with van der Waals surface area (Å²) < 4.78 is 11.5. The summed E-state index contributed by atoms with van der Waals surface area (Å²) in [6, 6.07) is 5.59. The van der Waals surface area contributed by atoms with Gasteiger partial charge in [-0.3, -0.25) is 0 Å². The molecular formula is C11H14BrNO2S. The highest BCUT2D eigenvalue weighted by Gasteiger charge is 2.13. The van der Waals surface area contributed by atoms with Gasteiger partial charge in [-0.2, -0.15) is 0 Å². The minimum atomic E-state index is -0.0487. The number of methoxy groups -OCH3 is 1. The first-order chi connectivity index (χ1) is 7.56. The minimum Gasteiger partial charge on any atom is -0.488 e. The molecule has 16 heavy (non-hydrogen) atoms. The van der Waals surface area contributed by atoms with Gasteiger partial charge >= 0.3 is 0 Å². The van der Waals surface area contributed by atoms with Crippen LogP contribution >= 0.6 is 28.1 Å². The molecule has 1 rings (SSSR count). The van der Waals surface area contributed by atoms with Crippen molar-refractivity contribution in [1.29, 1.82) is 0 Å². The molecular weight excluding hydrogens is 290 g/mol. The predicted octanol–water partition coefficient (Wildman–Crippen LogP) is 2.50. The summed E-state index contributed by atoms with van der Waals surface area (Å²) in [5.74, 6) is 0.673. The topological polar surface area (TPSA) is 44.5 Å². The molecule has 0 spiro atoms. The molecule has 1 aromatic carbocycles. The lowest BCUT2D eigenvalue weighted by atomic mass is 10.2. The van der Waals surface area contributed by atoms with Gasteiger partial charge in [0.25, 0.3) is 0 Å². The second-order valence-electron chi connectivity index (χ2n) is 3.36. The van der Waals surface area contributed by atoms with Crippen molar-refractivity contribution in [2.75, 3.05) is 13.7 Å². The zero-order valence-corrected chi connectivity index (χ0v) is 11.6. The molecule has 1 unspecified atom stereocenters. The first-order valence-corrected chi connectivity index (χ1v) is 6.00. The van der Waals surface area contributed by atoms with Crippen LogP contribution in [-0.4, -0.2) is 24.8 Å². The SMILES string of the molecule is COCC(C)Oc1cccc(Br)c1C(N)=S. The summed E-state index contributed by atoms with van der Waals surface area (Å²) in [7, 11) is 1.63. The van der Waals surface area contributed by atoms with Gasteiger partial charge in [-0.05, 0) is 35.0 Å². The molecule has 0 aromatic heterocycles. The van der Waals surface area contributed by atoms with E-state index in [0.29, 0.717) is 17.3 Å². The number of ether oxygens (including phenoxy) is 2. The van der Waals surface area contributed by atoms with E-state index >= 15 is 0 Å². The Morgan fingerprint density at radius 1 is 1.56 bits per heavy atom. The van der Waals surface area contributed by atoms with Gasteiger partial charge in [0.2, 0.25) is 0 Å². The third-order valence-electron chi connectivity index (χ3n) is 1.95. The highest BCUT2D eigenvalue weighted by atomic mass is 79.9. The third-order valence-corrected chi connectivity index (χ3v) is 2.82. The number of halogens is 1. The maximum Gasteiger partial charge on any atom is 0.131 e. The molecule has 88 valence electrons. The zero-order chi connectivity index (χ0) is 12.1. The molecule has 5 heteroatoms. The molecule has 1 aromatic rings. The molecule has 0 heterocycles. The lowest BCUT2D eigenvalue weighted by Crippen LogP contribution is -2.20. The highest BCUT2D eigenvalue weighted by Crippen LogP contribution is 2.27. The quantitative estimate of drug-likeness (QED) is 0.849. The van der Waals surface area contributed by atoms with Crippen LogP contribution in [0.15, 0.2) is 22.7 Å². The molecule has 1 atom stereocenters. The van der Waals surface area contributed by atoms with Crippen LogP contribution in [0, 0.1) is 0 Å². The van der Waals surface area contributed by atoms with Crippen molar-refractivity contribution in [3.05, 3.63) is 28.2 Å². The van der Waals surface area contributed by atoms with E-state index in [4.69, 9.17) is 27.4 Å². The zero-order valence-electron chi connectivity index (χ0n) is 9.20. The summed E-state index contributed by atoms with van der Waals surface area (Å²) in [5.41, 5.74) is 6.38. The average molecular weight is 304 g/mol. The van der Waals surface area contributed by atoms with Crippen LogP contribution < -0.4 is 10.5 Å². The minimum absolute atomic E-state index is 0.0487. The average Bonchev–Trinajstić information content (AvgIpc) is 2.17. The fourth-order valence-electron chi connectivity index (χ4n) is 1.33. The van der Waals surface area contributed by atoms with E-state index in [-0.39, 0.29) is 6.10 Å². The van der Waals surface area contributed by atoms with Gasteiger partial charge in [0.05, 0.1) is 12.2 Å². The first-order valence-electron chi connectivity index (χ1n) is 4.80. The van der Waals surface area contributed by atoms with Gasteiger partial charge < -0.3 is 15.2 Å². The molecule has 3 nitrogen and oxygen atoms in total. The Hall–Kier alpha value is -0.650. The number of nitrogens with two attached hydrogens (primary N) is 1. The standard InChI is InChI=1S/C11H14BrNO2S/c1-7(6-14-2)15-9-5-3-4-8(12)10(9)11(13)16/h3-5,7H,6H2,1-2H3,(H2,13,16). The number of thiocarbonyl (C=S) groups is 1. The predicted molar refractivity (Wildman–Crippen MR) is 72.0 cm³/mol. The van der Waals surface area contributed by atoms with Crippen LogP contribution in [-0.2, 0) is 4.74 Å². The second kappa shape index (κ2) is 6.18. The molecule has 0 amide bonds. The second-order valence-corrected chi connectivity index (χ2v) is 4.66. The molecule has 0 radical (unpaired) electrons. The van der Waals surface area contributed by atoms with Crippen molar-refractivity contribution in [3.8, 4) is 5.75 Å². The Bertz CT molecular complexity index is 384. The van der Waals surface area contributed by atoms with Gasteiger partial charge in [-0.25, -0.2) is 0 Å². The van der Waals surface area contributed by atoms with Crippen LogP contribution in [0.1, 0.15) is 12.5 Å². The molecule has 0 saturated carbocycles. The summed E-state index contributed by atoms with van der Waals surface area (Å²) in [5, 5.41) is 0. The first kappa shape index (κ1) is 13.4. The van der Waals surface area contributed by atoms with E-state index < -0.39 is 0 Å². The molecule has 2 N–H and O–H groups in total. The lowest BCUT2D eigenvalue weighted by Gasteiger charge is -2.17. The van der Waals surface area contributed by atoms with E-state index in [9.17, 15) is 0 Å². The largest absolute Gasteiger partial charge is 0.488 e. The Labute approximate surface area is 109 Å². The van der Waals surface area contributed by atoms with Crippen molar-refractivity contribution in [3.63, 3.8) is 0 Å². The third kappa shape index (κ3) is 3.43. The highest BCUT2D eigenvalue weighted by molar-refractivity contribution is 9.10. The summed E-state index contributed by atoms with van der Waals surface area (Å²) >= 11 is 8.39. The van der Waals surface area contributed by atoms with Crippen molar-refractivity contribution in [2.24, 2.45) is 5.73 Å². The fourth-order valence-corrected chi connectivity index (χ4v) is 2.23. The molecule has 0 saturated heterocycles. The van der Waals surface area contributed by atoms with E-state index in [1.54, 1.807) is 7.11 Å². The van der Waals surface area contributed by atoms with Crippen LogP contribution in [0.2, 0.25) is 0 Å². The Kier molecular flexibility index (Phi) is 5.18. The lowest BCUT2D eigenvalue weighted by molar-refractivity contribution is 0.0919. The van der Waals surface area contributed by atoms with Crippen LogP contribution in [0.4, 0.5) is 0 Å². The van der Waals surface area contributed by atoms with Crippen LogP contribution in [0.5, 0.6) is 5.75 Å². The Morgan fingerprint density at radius 2 is 2.25 bits per heavy atom.